The highest BCUT2D eigenvalue weighted by atomic mass is 35.5. The quantitative estimate of drug-likeness (QED) is 0.553. The van der Waals surface area contributed by atoms with Crippen molar-refractivity contribution in [1.82, 2.24) is 0 Å². The highest BCUT2D eigenvalue weighted by Gasteiger charge is 2.03. The van der Waals surface area contributed by atoms with Crippen LogP contribution in [0.5, 0.6) is 0 Å². The van der Waals surface area contributed by atoms with E-state index in [0.717, 1.165) is 0 Å². The molecule has 1 aromatic rings. The highest BCUT2D eigenvalue weighted by molar-refractivity contribution is 6.30. The van der Waals surface area contributed by atoms with Crippen molar-refractivity contribution < 1.29 is 4.79 Å². The van der Waals surface area contributed by atoms with E-state index in [1.807, 2.05) is 0 Å². The molecule has 0 atom stereocenters. The van der Waals surface area contributed by atoms with Gasteiger partial charge in [-0.2, -0.15) is 9.98 Å². The molecule has 0 N–H and O–H groups in total. The Morgan fingerprint density at radius 2 is 2.18 bits per heavy atom. The molecule has 0 unspecified atom stereocenters. The molecular formula is C7H2ClN2O. The molecule has 1 aliphatic rings. The van der Waals surface area contributed by atoms with Crippen LogP contribution in [0.4, 0.5) is 4.79 Å². The van der Waals surface area contributed by atoms with Crippen LogP contribution >= 0.6 is 11.6 Å². The molecule has 0 saturated carbocycles. The molecule has 0 aromatic heterocycles. The van der Waals surface area contributed by atoms with E-state index in [-0.39, 0.29) is 0 Å². The second-order valence-electron chi connectivity index (χ2n) is 2.05. The first-order valence-corrected chi connectivity index (χ1v) is 3.33. The Hall–Kier alpha value is -1.22. The maximum atomic E-state index is 10.6. The van der Waals surface area contributed by atoms with Gasteiger partial charge >= 0.3 is 6.03 Å². The first kappa shape index (κ1) is 6.49. The zero-order valence-electron chi connectivity index (χ0n) is 5.34. The van der Waals surface area contributed by atoms with Crippen molar-refractivity contribution in [1.29, 1.82) is 0 Å². The van der Waals surface area contributed by atoms with E-state index in [0.29, 0.717) is 15.7 Å². The third-order valence-electron chi connectivity index (χ3n) is 1.29. The summed E-state index contributed by atoms with van der Waals surface area (Å²) in [6.07, 6.45) is 0. The van der Waals surface area contributed by atoms with Gasteiger partial charge in [-0.25, -0.2) is 4.79 Å². The Bertz CT molecular complexity index is 438. The molecule has 0 spiro atoms. The number of amides is 2. The van der Waals surface area contributed by atoms with Crippen LogP contribution in [0.2, 0.25) is 5.02 Å². The molecule has 0 fully saturated rings. The Kier molecular flexibility index (Phi) is 1.26. The van der Waals surface area contributed by atoms with Gasteiger partial charge in [0.05, 0.1) is 10.4 Å². The van der Waals surface area contributed by atoms with Crippen molar-refractivity contribution >= 4 is 17.6 Å². The van der Waals surface area contributed by atoms with E-state index in [9.17, 15) is 4.79 Å². The zero-order valence-corrected chi connectivity index (χ0v) is 6.09. The molecule has 11 heavy (non-hydrogen) atoms. The van der Waals surface area contributed by atoms with Gasteiger partial charge < -0.3 is 0 Å². The summed E-state index contributed by atoms with van der Waals surface area (Å²) in [4.78, 5) is 17.8. The summed E-state index contributed by atoms with van der Waals surface area (Å²) in [7, 11) is 0. The van der Waals surface area contributed by atoms with Gasteiger partial charge in [0.15, 0.2) is 0 Å². The summed E-state index contributed by atoms with van der Waals surface area (Å²) in [6.45, 7) is 0. The lowest BCUT2D eigenvalue weighted by Gasteiger charge is -1.81. The highest BCUT2D eigenvalue weighted by Crippen LogP contribution is 1.99. The molecule has 1 heterocycles. The normalized spacial score (nSPS) is 13.7. The SMILES string of the molecule is O=C1N=c2[c]c(Cl)ccc2=N1. The number of benzene rings is 1. The van der Waals surface area contributed by atoms with Crippen LogP contribution < -0.4 is 10.7 Å². The third-order valence-corrected chi connectivity index (χ3v) is 1.51. The molecule has 4 heteroatoms. The largest absolute Gasteiger partial charge is 0.368 e. The van der Waals surface area contributed by atoms with Crippen LogP contribution in [0.15, 0.2) is 22.1 Å². The monoisotopic (exact) mass is 165 g/mol. The molecular weight excluding hydrogens is 164 g/mol. The Labute approximate surface area is 67.0 Å². The first-order valence-electron chi connectivity index (χ1n) is 2.95. The second-order valence-corrected chi connectivity index (χ2v) is 2.45. The predicted molar refractivity (Wildman–Crippen MR) is 38.0 cm³/mol. The molecule has 1 radical (unpaired) electrons. The minimum Gasteiger partial charge on any atom is -0.244 e. The maximum absolute atomic E-state index is 10.6. The van der Waals surface area contributed by atoms with Crippen molar-refractivity contribution in [3.63, 3.8) is 0 Å². The van der Waals surface area contributed by atoms with Crippen molar-refractivity contribution in [2.75, 3.05) is 0 Å². The summed E-state index contributed by atoms with van der Waals surface area (Å²) in [5, 5.41) is 1.42. The molecule has 0 bridgehead atoms. The molecule has 0 aliphatic carbocycles. The van der Waals surface area contributed by atoms with E-state index < -0.39 is 6.03 Å². The van der Waals surface area contributed by atoms with E-state index in [1.54, 1.807) is 12.1 Å². The molecule has 2 amide bonds. The second kappa shape index (κ2) is 2.13. The summed E-state index contributed by atoms with van der Waals surface area (Å²) in [5.74, 6) is 0. The van der Waals surface area contributed by atoms with Gasteiger partial charge in [-0.1, -0.05) is 11.6 Å². The molecule has 2 rings (SSSR count). The number of carbonyl (C=O) groups is 1. The van der Waals surface area contributed by atoms with Crippen LogP contribution in [-0.4, -0.2) is 6.03 Å². The van der Waals surface area contributed by atoms with Crippen LogP contribution in [-0.2, 0) is 0 Å². The summed E-state index contributed by atoms with van der Waals surface area (Å²) in [5.41, 5.74) is 0. The lowest BCUT2D eigenvalue weighted by Crippen LogP contribution is -2.20. The number of rotatable bonds is 0. The smallest absolute Gasteiger partial charge is 0.244 e. The fourth-order valence-corrected chi connectivity index (χ4v) is 1.00. The first-order chi connectivity index (χ1) is 5.25. The van der Waals surface area contributed by atoms with Gasteiger partial charge in [0.2, 0.25) is 0 Å². The molecule has 53 valence electrons. The van der Waals surface area contributed by atoms with E-state index in [1.165, 1.54) is 0 Å². The Balaban J connectivity index is 2.89. The summed E-state index contributed by atoms with van der Waals surface area (Å²) in [6, 6.07) is 5.48. The zero-order chi connectivity index (χ0) is 7.84. The molecule has 1 aliphatic heterocycles. The Morgan fingerprint density at radius 1 is 1.36 bits per heavy atom. The van der Waals surface area contributed by atoms with Gasteiger partial charge in [-0.05, 0) is 12.1 Å². The molecule has 3 nitrogen and oxygen atoms in total. The van der Waals surface area contributed by atoms with Crippen LogP contribution in [0.3, 0.4) is 0 Å². The third kappa shape index (κ3) is 1.03. The minimum atomic E-state index is -0.487. The number of fused-ring (bicyclic) bond motifs is 1. The van der Waals surface area contributed by atoms with Crippen molar-refractivity contribution in [3.05, 3.63) is 33.9 Å². The van der Waals surface area contributed by atoms with Gasteiger partial charge in [0.25, 0.3) is 0 Å². The average molecular weight is 166 g/mol. The van der Waals surface area contributed by atoms with Crippen LogP contribution in [0.25, 0.3) is 0 Å². The number of hydrogen-bond acceptors (Lipinski definition) is 1. The van der Waals surface area contributed by atoms with Crippen LogP contribution in [0.1, 0.15) is 0 Å². The lowest BCUT2D eigenvalue weighted by molar-refractivity contribution is 0.256. The van der Waals surface area contributed by atoms with Gasteiger partial charge in [0.1, 0.15) is 5.36 Å². The fraction of sp³-hybridized carbons (Fsp3) is 0. The fourth-order valence-electron chi connectivity index (χ4n) is 0.849. The standard InChI is InChI=1S/C7H2ClN2O/c8-4-1-2-5-6(3-4)10-7(11)9-5/h1-2H. The van der Waals surface area contributed by atoms with Gasteiger partial charge in [0, 0.05) is 6.07 Å². The number of carbonyl (C=O) groups excluding carboxylic acids is 1. The number of nitrogens with zero attached hydrogens (tertiary/aromatic N) is 2. The van der Waals surface area contributed by atoms with Crippen molar-refractivity contribution in [2.45, 2.75) is 0 Å². The van der Waals surface area contributed by atoms with Crippen LogP contribution in [0, 0.1) is 6.07 Å². The molecule has 1 aromatic carbocycles. The predicted octanol–water partition coefficient (Wildman–Crippen LogP) is 0.513. The number of urea groups is 1. The summed E-state index contributed by atoms with van der Waals surface area (Å²) >= 11 is 5.60. The topological polar surface area (TPSA) is 41.8 Å². The number of halogens is 1. The summed E-state index contributed by atoms with van der Waals surface area (Å²) < 4.78 is 0. The minimum absolute atomic E-state index is 0.433. The average Bonchev–Trinajstić information content (AvgIpc) is 2.27. The van der Waals surface area contributed by atoms with Crippen molar-refractivity contribution in [2.24, 2.45) is 9.98 Å². The van der Waals surface area contributed by atoms with Gasteiger partial charge in [-0.3, -0.25) is 0 Å². The number of hydrogen-bond donors (Lipinski definition) is 0. The van der Waals surface area contributed by atoms with Gasteiger partial charge in [-0.15, -0.1) is 0 Å². The molecule has 0 saturated heterocycles. The maximum Gasteiger partial charge on any atom is 0.368 e. The van der Waals surface area contributed by atoms with E-state index in [4.69, 9.17) is 11.6 Å². The van der Waals surface area contributed by atoms with E-state index in [2.05, 4.69) is 16.1 Å². The van der Waals surface area contributed by atoms with E-state index >= 15 is 0 Å². The Morgan fingerprint density at radius 3 is 3.00 bits per heavy atom. The van der Waals surface area contributed by atoms with Crippen molar-refractivity contribution in [3.8, 4) is 0 Å². The lowest BCUT2D eigenvalue weighted by atomic mass is 10.3.